The summed E-state index contributed by atoms with van der Waals surface area (Å²) in [6.07, 6.45) is 0.713. The van der Waals surface area contributed by atoms with Gasteiger partial charge in [0.1, 0.15) is 17.3 Å². The third-order valence-electron chi connectivity index (χ3n) is 1.78. The highest BCUT2D eigenvalue weighted by Gasteiger charge is 2.03. The van der Waals surface area contributed by atoms with Gasteiger partial charge in [-0.3, -0.25) is 15.0 Å². The number of carbonyl (C=O) groups excluding carboxylic acids is 2. The van der Waals surface area contributed by atoms with Crippen molar-refractivity contribution >= 4 is 23.5 Å². The average molecular weight is 238 g/mol. The van der Waals surface area contributed by atoms with E-state index >= 15 is 0 Å². The van der Waals surface area contributed by atoms with E-state index in [1.54, 1.807) is 0 Å². The van der Waals surface area contributed by atoms with Gasteiger partial charge in [0.2, 0.25) is 0 Å². The van der Waals surface area contributed by atoms with E-state index in [1.165, 1.54) is 13.0 Å². The minimum absolute atomic E-state index is 0.165. The molecule has 0 unspecified atom stereocenters. The first kappa shape index (κ1) is 12.8. The molecule has 0 saturated heterocycles. The molecule has 1 aromatic rings. The van der Waals surface area contributed by atoms with E-state index in [4.69, 9.17) is 0 Å². The van der Waals surface area contributed by atoms with E-state index in [0.29, 0.717) is 0 Å². The first-order chi connectivity index (χ1) is 7.99. The van der Waals surface area contributed by atoms with Crippen molar-refractivity contribution in [2.45, 2.75) is 13.3 Å². The van der Waals surface area contributed by atoms with Crippen molar-refractivity contribution in [3.8, 4) is 5.75 Å². The number of hydrogen-bond acceptors (Lipinski definition) is 5. The van der Waals surface area contributed by atoms with E-state index < -0.39 is 11.6 Å². The van der Waals surface area contributed by atoms with Crippen LogP contribution in [0.3, 0.4) is 0 Å². The zero-order valence-corrected chi connectivity index (χ0v) is 9.11. The molecule has 0 atom stereocenters. The van der Waals surface area contributed by atoms with Crippen molar-refractivity contribution in [1.82, 2.24) is 0 Å². The summed E-state index contributed by atoms with van der Waals surface area (Å²) in [5.74, 6) is -1.61. The lowest BCUT2D eigenvalue weighted by atomic mass is 10.2. The smallest absolute Gasteiger partial charge is 0.182 e. The lowest BCUT2D eigenvalue weighted by Gasteiger charge is -2.02. The van der Waals surface area contributed by atoms with E-state index in [2.05, 4.69) is 10.5 Å². The number of aromatic hydroxyl groups is 1. The van der Waals surface area contributed by atoms with Crippen LogP contribution in [0, 0.1) is 5.82 Å². The summed E-state index contributed by atoms with van der Waals surface area (Å²) in [6.45, 7) is 1.30. The van der Waals surface area contributed by atoms with Crippen molar-refractivity contribution in [1.29, 1.82) is 0 Å². The van der Waals surface area contributed by atoms with Crippen LogP contribution in [0.1, 0.15) is 13.3 Å². The molecule has 0 aromatic heterocycles. The van der Waals surface area contributed by atoms with Gasteiger partial charge in [0.15, 0.2) is 5.78 Å². The first-order valence-corrected chi connectivity index (χ1v) is 4.79. The molecule has 0 aliphatic carbocycles. The fourth-order valence-corrected chi connectivity index (χ4v) is 1.06. The zero-order valence-electron chi connectivity index (χ0n) is 9.11. The number of benzene rings is 1. The van der Waals surface area contributed by atoms with Crippen molar-refractivity contribution in [2.75, 3.05) is 5.43 Å². The van der Waals surface area contributed by atoms with Crippen LogP contribution in [-0.4, -0.2) is 22.9 Å². The highest BCUT2D eigenvalue weighted by molar-refractivity contribution is 6.31. The molecule has 6 heteroatoms. The third-order valence-corrected chi connectivity index (χ3v) is 1.78. The zero-order chi connectivity index (χ0) is 12.8. The predicted octanol–water partition coefficient (Wildman–Crippen LogP) is 1.48. The van der Waals surface area contributed by atoms with E-state index in [1.807, 2.05) is 0 Å². The van der Waals surface area contributed by atoms with Crippen LogP contribution in [0.5, 0.6) is 5.75 Å². The molecule has 0 saturated carbocycles. The fraction of sp³-hybridized carbons (Fsp3) is 0.182. The van der Waals surface area contributed by atoms with Crippen LogP contribution >= 0.6 is 0 Å². The van der Waals surface area contributed by atoms with E-state index in [0.717, 1.165) is 18.3 Å². The van der Waals surface area contributed by atoms with Crippen LogP contribution in [0.2, 0.25) is 0 Å². The number of ketones is 2. The van der Waals surface area contributed by atoms with Gasteiger partial charge in [0, 0.05) is 6.07 Å². The Morgan fingerprint density at radius 1 is 1.53 bits per heavy atom. The predicted molar refractivity (Wildman–Crippen MR) is 60.5 cm³/mol. The van der Waals surface area contributed by atoms with Crippen LogP contribution in [0.25, 0.3) is 0 Å². The Morgan fingerprint density at radius 3 is 2.82 bits per heavy atom. The van der Waals surface area contributed by atoms with Crippen molar-refractivity contribution < 1.29 is 19.1 Å². The van der Waals surface area contributed by atoms with Crippen LogP contribution in [0.4, 0.5) is 10.1 Å². The largest absolute Gasteiger partial charge is 0.506 e. The summed E-state index contributed by atoms with van der Waals surface area (Å²) < 4.78 is 12.6. The lowest BCUT2D eigenvalue weighted by molar-refractivity contribution is -0.122. The van der Waals surface area contributed by atoms with Gasteiger partial charge in [-0.25, -0.2) is 4.39 Å². The Kier molecular flexibility index (Phi) is 4.33. The number of anilines is 1. The molecule has 17 heavy (non-hydrogen) atoms. The summed E-state index contributed by atoms with van der Waals surface area (Å²) in [4.78, 5) is 21.6. The monoisotopic (exact) mass is 238 g/mol. The number of hydrazone groups is 1. The first-order valence-electron chi connectivity index (χ1n) is 4.79. The van der Waals surface area contributed by atoms with Crippen molar-refractivity contribution in [3.05, 3.63) is 24.0 Å². The molecule has 0 amide bonds. The Labute approximate surface area is 97.0 Å². The van der Waals surface area contributed by atoms with Crippen LogP contribution in [-0.2, 0) is 9.59 Å². The average Bonchev–Trinajstić information content (AvgIpc) is 2.20. The maximum atomic E-state index is 12.6. The summed E-state index contributed by atoms with van der Waals surface area (Å²) in [5, 5.41) is 12.8. The molecular weight excluding hydrogens is 227 g/mol. The maximum absolute atomic E-state index is 12.6. The number of Topliss-reactive ketones (excluding diaryl/α,β-unsaturated/α-hetero) is 2. The number of phenols is 1. The van der Waals surface area contributed by atoms with Crippen molar-refractivity contribution in [2.24, 2.45) is 5.10 Å². The second-order valence-corrected chi connectivity index (χ2v) is 3.38. The Bertz CT molecular complexity index is 472. The van der Waals surface area contributed by atoms with Crippen molar-refractivity contribution in [3.63, 3.8) is 0 Å². The molecule has 0 aliphatic heterocycles. The van der Waals surface area contributed by atoms with Crippen LogP contribution in [0.15, 0.2) is 23.3 Å². The Hall–Kier alpha value is -2.24. The maximum Gasteiger partial charge on any atom is 0.182 e. The van der Waals surface area contributed by atoms with Gasteiger partial charge in [-0.15, -0.1) is 0 Å². The van der Waals surface area contributed by atoms with Crippen LogP contribution < -0.4 is 5.43 Å². The minimum Gasteiger partial charge on any atom is -0.506 e. The molecule has 90 valence electrons. The molecule has 0 fully saturated rings. The normalized spacial score (nSPS) is 10.5. The number of phenolic OH excluding ortho intramolecular Hbond substituents is 1. The van der Waals surface area contributed by atoms with Gasteiger partial charge in [-0.1, -0.05) is 0 Å². The SMILES string of the molecule is CC(=O)CC(=O)/C=N/Nc1ccc(F)cc1O. The molecule has 0 bridgehead atoms. The fourth-order valence-electron chi connectivity index (χ4n) is 1.06. The second kappa shape index (κ2) is 5.74. The van der Waals surface area contributed by atoms with Gasteiger partial charge < -0.3 is 5.11 Å². The number of hydrogen-bond donors (Lipinski definition) is 2. The molecule has 1 rings (SSSR count). The molecule has 2 N–H and O–H groups in total. The molecule has 5 nitrogen and oxygen atoms in total. The molecule has 0 aliphatic rings. The standard InChI is InChI=1S/C11H11FN2O3/c1-7(15)4-9(16)6-13-14-10-3-2-8(12)5-11(10)17/h2-3,5-6,14,17H,4H2,1H3/b13-6+. The van der Waals surface area contributed by atoms with Gasteiger partial charge in [0.25, 0.3) is 0 Å². The molecule has 0 spiro atoms. The summed E-state index contributed by atoms with van der Waals surface area (Å²) in [5.41, 5.74) is 2.53. The van der Waals surface area contributed by atoms with Gasteiger partial charge >= 0.3 is 0 Å². The molecular formula is C11H11FN2O3. The highest BCUT2D eigenvalue weighted by Crippen LogP contribution is 2.23. The summed E-state index contributed by atoms with van der Waals surface area (Å²) in [6, 6.07) is 3.32. The Balaban J connectivity index is 2.58. The van der Waals surface area contributed by atoms with Gasteiger partial charge in [-0.05, 0) is 19.1 Å². The molecule has 1 aromatic carbocycles. The highest BCUT2D eigenvalue weighted by atomic mass is 19.1. The third kappa shape index (κ3) is 4.42. The summed E-state index contributed by atoms with van der Waals surface area (Å²) in [7, 11) is 0. The molecule has 0 radical (unpaired) electrons. The number of nitrogens with one attached hydrogen (secondary N) is 1. The second-order valence-electron chi connectivity index (χ2n) is 3.38. The van der Waals surface area contributed by atoms with Gasteiger partial charge in [0.05, 0.1) is 18.3 Å². The minimum atomic E-state index is -0.579. The number of nitrogens with zero attached hydrogens (tertiary/aromatic N) is 1. The Morgan fingerprint density at radius 2 is 2.24 bits per heavy atom. The topological polar surface area (TPSA) is 78.8 Å². The number of carbonyl (C=O) groups is 2. The van der Waals surface area contributed by atoms with E-state index in [9.17, 15) is 19.1 Å². The van der Waals surface area contributed by atoms with E-state index in [-0.39, 0.29) is 23.6 Å². The molecule has 0 heterocycles. The quantitative estimate of drug-likeness (QED) is 0.352. The van der Waals surface area contributed by atoms with Gasteiger partial charge in [-0.2, -0.15) is 5.10 Å². The number of rotatable bonds is 5. The summed E-state index contributed by atoms with van der Waals surface area (Å²) >= 11 is 0. The number of halogens is 1. The lowest BCUT2D eigenvalue weighted by Crippen LogP contribution is -2.06.